The topological polar surface area (TPSA) is 29.5 Å². The summed E-state index contributed by atoms with van der Waals surface area (Å²) < 4.78 is 5.13. The Morgan fingerprint density at radius 2 is 2.09 bits per heavy atom. The molecule has 0 aromatic rings. The Balaban J connectivity index is 3.90. The van der Waals surface area contributed by atoms with Gasteiger partial charge in [0, 0.05) is 7.11 Å². The Bertz CT molecular complexity index is 110. The minimum atomic E-state index is -0.419. The van der Waals surface area contributed by atoms with Crippen LogP contribution >= 0.6 is 0 Å². The van der Waals surface area contributed by atoms with Crippen LogP contribution in [0.5, 0.6) is 0 Å². The molecule has 0 saturated heterocycles. The average molecular weight is 158 g/mol. The van der Waals surface area contributed by atoms with Crippen molar-refractivity contribution in [1.29, 1.82) is 0 Å². The van der Waals surface area contributed by atoms with Gasteiger partial charge in [-0.25, -0.2) is 0 Å². The van der Waals surface area contributed by atoms with Crippen LogP contribution < -0.4 is 0 Å². The maximum Gasteiger partial charge on any atom is 0.0855 e. The van der Waals surface area contributed by atoms with Gasteiger partial charge in [-0.05, 0) is 12.3 Å². The lowest BCUT2D eigenvalue weighted by atomic mass is 10.00. The van der Waals surface area contributed by atoms with Gasteiger partial charge in [0.05, 0.1) is 12.2 Å². The number of aliphatic hydroxyl groups is 1. The standard InChI is InChI=1S/C9H18O2/c1-5-6-8(10)9(11-4)7(2)3/h5,7-10H,1,6H2,2-4H3. The fourth-order valence-corrected chi connectivity index (χ4v) is 1.18. The molecule has 0 aliphatic heterocycles. The molecular formula is C9H18O2. The zero-order valence-electron chi connectivity index (χ0n) is 7.58. The first kappa shape index (κ1) is 10.7. The summed E-state index contributed by atoms with van der Waals surface area (Å²) in [4.78, 5) is 0. The number of hydrogen-bond acceptors (Lipinski definition) is 2. The molecule has 0 bridgehead atoms. The first-order valence-electron chi connectivity index (χ1n) is 3.95. The summed E-state index contributed by atoms with van der Waals surface area (Å²) >= 11 is 0. The Kier molecular flexibility index (Phi) is 5.16. The summed E-state index contributed by atoms with van der Waals surface area (Å²) in [6.07, 6.45) is 1.81. The molecule has 0 radical (unpaired) electrons. The van der Waals surface area contributed by atoms with E-state index in [1.165, 1.54) is 0 Å². The molecule has 0 heterocycles. The quantitative estimate of drug-likeness (QED) is 0.616. The summed E-state index contributed by atoms with van der Waals surface area (Å²) in [6, 6.07) is 0. The molecule has 0 aliphatic rings. The lowest BCUT2D eigenvalue weighted by Gasteiger charge is -2.23. The fraction of sp³-hybridized carbons (Fsp3) is 0.778. The maximum absolute atomic E-state index is 9.48. The van der Waals surface area contributed by atoms with E-state index in [0.29, 0.717) is 12.3 Å². The van der Waals surface area contributed by atoms with E-state index in [1.807, 2.05) is 13.8 Å². The van der Waals surface area contributed by atoms with Crippen LogP contribution in [0.25, 0.3) is 0 Å². The van der Waals surface area contributed by atoms with Gasteiger partial charge in [0.2, 0.25) is 0 Å². The van der Waals surface area contributed by atoms with Crippen LogP contribution in [0.15, 0.2) is 12.7 Å². The molecule has 2 nitrogen and oxygen atoms in total. The summed E-state index contributed by atoms with van der Waals surface area (Å²) in [5.41, 5.74) is 0. The number of rotatable bonds is 5. The van der Waals surface area contributed by atoms with Crippen molar-refractivity contribution in [2.75, 3.05) is 7.11 Å². The molecule has 0 aromatic heterocycles. The zero-order valence-corrected chi connectivity index (χ0v) is 7.58. The minimum absolute atomic E-state index is 0.0759. The van der Waals surface area contributed by atoms with Crippen molar-refractivity contribution in [3.8, 4) is 0 Å². The zero-order chi connectivity index (χ0) is 8.85. The predicted molar refractivity (Wildman–Crippen MR) is 46.5 cm³/mol. The second-order valence-corrected chi connectivity index (χ2v) is 3.04. The summed E-state index contributed by atoms with van der Waals surface area (Å²) in [5, 5.41) is 9.48. The lowest BCUT2D eigenvalue weighted by molar-refractivity contribution is -0.0356. The molecule has 0 saturated carbocycles. The van der Waals surface area contributed by atoms with Gasteiger partial charge in [0.1, 0.15) is 0 Å². The van der Waals surface area contributed by atoms with Crippen LogP contribution in [-0.4, -0.2) is 24.4 Å². The van der Waals surface area contributed by atoms with Crippen molar-refractivity contribution >= 4 is 0 Å². The van der Waals surface area contributed by atoms with Gasteiger partial charge >= 0.3 is 0 Å². The molecule has 0 fully saturated rings. The van der Waals surface area contributed by atoms with E-state index >= 15 is 0 Å². The minimum Gasteiger partial charge on any atom is -0.390 e. The smallest absolute Gasteiger partial charge is 0.0855 e. The normalized spacial score (nSPS) is 16.5. The highest BCUT2D eigenvalue weighted by molar-refractivity contribution is 4.79. The molecule has 66 valence electrons. The third-order valence-electron chi connectivity index (χ3n) is 1.72. The highest BCUT2D eigenvalue weighted by Crippen LogP contribution is 2.12. The number of hydrogen-bond donors (Lipinski definition) is 1. The SMILES string of the molecule is C=CCC(O)C(OC)C(C)C. The molecule has 11 heavy (non-hydrogen) atoms. The van der Waals surface area contributed by atoms with Crippen molar-refractivity contribution in [1.82, 2.24) is 0 Å². The van der Waals surface area contributed by atoms with Gasteiger partial charge in [0.15, 0.2) is 0 Å². The second kappa shape index (κ2) is 5.33. The summed E-state index contributed by atoms with van der Waals surface area (Å²) in [5.74, 6) is 0.343. The van der Waals surface area contributed by atoms with E-state index in [2.05, 4.69) is 6.58 Å². The number of ether oxygens (including phenoxy) is 1. The largest absolute Gasteiger partial charge is 0.390 e. The first-order chi connectivity index (χ1) is 5.13. The Labute approximate surface area is 68.9 Å². The van der Waals surface area contributed by atoms with Gasteiger partial charge in [-0.2, -0.15) is 0 Å². The average Bonchev–Trinajstić information content (AvgIpc) is 1.88. The van der Waals surface area contributed by atoms with Crippen molar-refractivity contribution in [3.05, 3.63) is 12.7 Å². The van der Waals surface area contributed by atoms with E-state index in [9.17, 15) is 5.11 Å². The molecule has 2 heteroatoms. The van der Waals surface area contributed by atoms with Crippen LogP contribution in [0.4, 0.5) is 0 Å². The first-order valence-corrected chi connectivity index (χ1v) is 3.95. The van der Waals surface area contributed by atoms with Crippen molar-refractivity contribution < 1.29 is 9.84 Å². The van der Waals surface area contributed by atoms with E-state index < -0.39 is 6.10 Å². The summed E-state index contributed by atoms with van der Waals surface area (Å²) in [7, 11) is 1.62. The van der Waals surface area contributed by atoms with Gasteiger partial charge < -0.3 is 9.84 Å². The van der Waals surface area contributed by atoms with Crippen LogP contribution in [-0.2, 0) is 4.74 Å². The summed E-state index contributed by atoms with van der Waals surface area (Å²) in [6.45, 7) is 7.62. The third kappa shape index (κ3) is 3.54. The lowest BCUT2D eigenvalue weighted by Crippen LogP contribution is -2.32. The highest BCUT2D eigenvalue weighted by Gasteiger charge is 2.20. The fourth-order valence-electron chi connectivity index (χ4n) is 1.18. The molecule has 0 aromatic carbocycles. The van der Waals surface area contributed by atoms with E-state index in [0.717, 1.165) is 0 Å². The Morgan fingerprint density at radius 1 is 1.55 bits per heavy atom. The molecule has 1 N–H and O–H groups in total. The van der Waals surface area contributed by atoms with Gasteiger partial charge in [-0.3, -0.25) is 0 Å². The van der Waals surface area contributed by atoms with Crippen molar-refractivity contribution in [2.24, 2.45) is 5.92 Å². The van der Waals surface area contributed by atoms with Crippen LogP contribution in [0.2, 0.25) is 0 Å². The molecule has 0 spiro atoms. The van der Waals surface area contributed by atoms with E-state index in [-0.39, 0.29) is 6.10 Å². The van der Waals surface area contributed by atoms with Gasteiger partial charge in [0.25, 0.3) is 0 Å². The highest BCUT2D eigenvalue weighted by atomic mass is 16.5. The van der Waals surface area contributed by atoms with Crippen LogP contribution in [0, 0.1) is 5.92 Å². The molecular weight excluding hydrogens is 140 g/mol. The van der Waals surface area contributed by atoms with E-state index in [4.69, 9.17) is 4.74 Å². The monoisotopic (exact) mass is 158 g/mol. The molecule has 2 atom stereocenters. The van der Waals surface area contributed by atoms with E-state index in [1.54, 1.807) is 13.2 Å². The molecule has 0 aliphatic carbocycles. The van der Waals surface area contributed by atoms with Gasteiger partial charge in [-0.1, -0.05) is 19.9 Å². The Morgan fingerprint density at radius 3 is 2.36 bits per heavy atom. The number of methoxy groups -OCH3 is 1. The van der Waals surface area contributed by atoms with Crippen molar-refractivity contribution in [3.63, 3.8) is 0 Å². The predicted octanol–water partition coefficient (Wildman–Crippen LogP) is 1.59. The van der Waals surface area contributed by atoms with Gasteiger partial charge in [-0.15, -0.1) is 6.58 Å². The van der Waals surface area contributed by atoms with Crippen molar-refractivity contribution in [2.45, 2.75) is 32.5 Å². The molecule has 0 amide bonds. The second-order valence-electron chi connectivity index (χ2n) is 3.04. The Hall–Kier alpha value is -0.340. The van der Waals surface area contributed by atoms with Crippen LogP contribution in [0.3, 0.4) is 0 Å². The molecule has 0 rings (SSSR count). The number of aliphatic hydroxyl groups excluding tert-OH is 1. The third-order valence-corrected chi connectivity index (χ3v) is 1.72. The van der Waals surface area contributed by atoms with Crippen LogP contribution in [0.1, 0.15) is 20.3 Å². The molecule has 2 unspecified atom stereocenters. The maximum atomic E-state index is 9.48.